The van der Waals surface area contributed by atoms with Gasteiger partial charge in [-0.15, -0.1) is 0 Å². The van der Waals surface area contributed by atoms with E-state index in [0.29, 0.717) is 29.2 Å². The maximum absolute atomic E-state index is 5.98. The molecule has 0 spiro atoms. The fourth-order valence-electron chi connectivity index (χ4n) is 2.65. The Bertz CT molecular complexity index is 813. The molecule has 1 aromatic heterocycles. The SMILES string of the molecule is CC(C)C(NCc1nc(-c2ccc(Cl)cc2)no1)c1ccc(Cl)cc1. The lowest BCUT2D eigenvalue weighted by atomic mass is 9.96. The Kier molecular flexibility index (Phi) is 5.74. The molecule has 1 N–H and O–H groups in total. The smallest absolute Gasteiger partial charge is 0.240 e. The number of aromatic nitrogens is 2. The maximum atomic E-state index is 5.98. The number of rotatable bonds is 6. The zero-order chi connectivity index (χ0) is 17.8. The van der Waals surface area contributed by atoms with Crippen molar-refractivity contribution in [2.24, 2.45) is 5.92 Å². The molecule has 0 bridgehead atoms. The average molecular weight is 376 g/mol. The van der Waals surface area contributed by atoms with E-state index >= 15 is 0 Å². The van der Waals surface area contributed by atoms with Gasteiger partial charge in [0.1, 0.15) is 0 Å². The van der Waals surface area contributed by atoms with Crippen molar-refractivity contribution in [2.45, 2.75) is 26.4 Å². The fraction of sp³-hybridized carbons (Fsp3) is 0.263. The number of nitrogens with one attached hydrogen (secondary N) is 1. The summed E-state index contributed by atoms with van der Waals surface area (Å²) in [6.45, 7) is 4.82. The summed E-state index contributed by atoms with van der Waals surface area (Å²) in [6.07, 6.45) is 0. The van der Waals surface area contributed by atoms with Crippen molar-refractivity contribution in [3.8, 4) is 11.4 Å². The van der Waals surface area contributed by atoms with Crippen LogP contribution in [-0.4, -0.2) is 10.1 Å². The molecule has 1 heterocycles. The molecule has 0 radical (unpaired) electrons. The minimum Gasteiger partial charge on any atom is -0.338 e. The number of hydrogen-bond donors (Lipinski definition) is 1. The lowest BCUT2D eigenvalue weighted by Gasteiger charge is -2.22. The molecule has 1 atom stereocenters. The Morgan fingerprint density at radius 3 is 2.16 bits per heavy atom. The summed E-state index contributed by atoms with van der Waals surface area (Å²) in [6, 6.07) is 15.4. The van der Waals surface area contributed by atoms with Crippen molar-refractivity contribution in [2.75, 3.05) is 0 Å². The standard InChI is InChI=1S/C19H19Cl2N3O/c1-12(2)18(13-3-7-15(20)8-4-13)22-11-17-23-19(24-25-17)14-5-9-16(21)10-6-14/h3-10,12,18,22H,11H2,1-2H3. The summed E-state index contributed by atoms with van der Waals surface area (Å²) in [5.74, 6) is 1.51. The summed E-state index contributed by atoms with van der Waals surface area (Å²) >= 11 is 11.9. The van der Waals surface area contributed by atoms with Crippen LogP contribution in [0.2, 0.25) is 10.0 Å². The molecule has 25 heavy (non-hydrogen) atoms. The fourth-order valence-corrected chi connectivity index (χ4v) is 2.90. The third kappa shape index (κ3) is 4.60. The molecule has 4 nitrogen and oxygen atoms in total. The second-order valence-electron chi connectivity index (χ2n) is 6.17. The maximum Gasteiger partial charge on any atom is 0.240 e. The van der Waals surface area contributed by atoms with Crippen molar-refractivity contribution in [3.63, 3.8) is 0 Å². The first-order chi connectivity index (χ1) is 12.0. The van der Waals surface area contributed by atoms with E-state index in [0.717, 1.165) is 10.6 Å². The minimum absolute atomic E-state index is 0.170. The molecule has 0 saturated carbocycles. The van der Waals surface area contributed by atoms with Gasteiger partial charge in [0.15, 0.2) is 0 Å². The zero-order valence-electron chi connectivity index (χ0n) is 14.0. The lowest BCUT2D eigenvalue weighted by Crippen LogP contribution is -2.25. The lowest BCUT2D eigenvalue weighted by molar-refractivity contribution is 0.338. The van der Waals surface area contributed by atoms with Gasteiger partial charge in [0.2, 0.25) is 11.7 Å². The van der Waals surface area contributed by atoms with E-state index in [1.54, 1.807) is 12.1 Å². The predicted molar refractivity (Wildman–Crippen MR) is 101 cm³/mol. The number of hydrogen-bond acceptors (Lipinski definition) is 4. The van der Waals surface area contributed by atoms with Crippen LogP contribution < -0.4 is 5.32 Å². The van der Waals surface area contributed by atoms with Crippen LogP contribution in [0, 0.1) is 5.92 Å². The molecule has 6 heteroatoms. The summed E-state index contributed by atoms with van der Waals surface area (Å²) < 4.78 is 5.36. The summed E-state index contributed by atoms with van der Waals surface area (Å²) in [4.78, 5) is 4.44. The van der Waals surface area contributed by atoms with Crippen LogP contribution in [0.15, 0.2) is 53.1 Å². The van der Waals surface area contributed by atoms with Crippen LogP contribution in [0.1, 0.15) is 31.3 Å². The third-order valence-corrected chi connectivity index (χ3v) is 4.44. The summed E-state index contributed by atoms with van der Waals surface area (Å²) in [5, 5.41) is 8.93. The molecule has 2 aromatic carbocycles. The molecule has 0 amide bonds. The Labute approximate surface area is 157 Å². The highest BCUT2D eigenvalue weighted by molar-refractivity contribution is 6.30. The quantitative estimate of drug-likeness (QED) is 0.615. The molecule has 3 rings (SSSR count). The molecule has 1 unspecified atom stereocenters. The van der Waals surface area contributed by atoms with E-state index in [-0.39, 0.29) is 6.04 Å². The molecule has 0 fully saturated rings. The molecule has 130 valence electrons. The van der Waals surface area contributed by atoms with Crippen LogP contribution >= 0.6 is 23.2 Å². The highest BCUT2D eigenvalue weighted by Crippen LogP contribution is 2.24. The van der Waals surface area contributed by atoms with Crippen LogP contribution in [0.5, 0.6) is 0 Å². The summed E-state index contributed by atoms with van der Waals surface area (Å²) in [5.41, 5.74) is 2.05. The second-order valence-corrected chi connectivity index (χ2v) is 7.05. The van der Waals surface area contributed by atoms with Crippen LogP contribution in [0.25, 0.3) is 11.4 Å². The molecular formula is C19H19Cl2N3O. The number of nitrogens with zero attached hydrogens (tertiary/aromatic N) is 2. The first-order valence-corrected chi connectivity index (χ1v) is 8.86. The zero-order valence-corrected chi connectivity index (χ0v) is 15.6. The van der Waals surface area contributed by atoms with Gasteiger partial charge in [-0.25, -0.2) is 0 Å². The van der Waals surface area contributed by atoms with Gasteiger partial charge in [0, 0.05) is 21.7 Å². The third-order valence-electron chi connectivity index (χ3n) is 3.94. The van der Waals surface area contributed by atoms with Crippen molar-refractivity contribution in [3.05, 3.63) is 70.0 Å². The molecule has 0 aliphatic heterocycles. The van der Waals surface area contributed by atoms with Crippen molar-refractivity contribution >= 4 is 23.2 Å². The monoisotopic (exact) mass is 375 g/mol. The van der Waals surface area contributed by atoms with Gasteiger partial charge >= 0.3 is 0 Å². The first-order valence-electron chi connectivity index (χ1n) is 8.10. The Hall–Kier alpha value is -1.88. The van der Waals surface area contributed by atoms with Crippen LogP contribution in [-0.2, 0) is 6.54 Å². The van der Waals surface area contributed by atoms with Crippen LogP contribution in [0.4, 0.5) is 0 Å². The predicted octanol–water partition coefficient (Wildman–Crippen LogP) is 5.53. The highest BCUT2D eigenvalue weighted by Gasteiger charge is 2.17. The van der Waals surface area contributed by atoms with Gasteiger partial charge in [-0.1, -0.05) is 54.3 Å². The van der Waals surface area contributed by atoms with Gasteiger partial charge in [-0.3, -0.25) is 0 Å². The Morgan fingerprint density at radius 2 is 1.56 bits per heavy atom. The largest absolute Gasteiger partial charge is 0.338 e. The average Bonchev–Trinajstić information content (AvgIpc) is 3.06. The van der Waals surface area contributed by atoms with E-state index in [1.807, 2.05) is 36.4 Å². The molecular weight excluding hydrogens is 357 g/mol. The number of halogens is 2. The van der Waals surface area contributed by atoms with Crippen LogP contribution in [0.3, 0.4) is 0 Å². The molecule has 0 saturated heterocycles. The van der Waals surface area contributed by atoms with Crippen molar-refractivity contribution in [1.29, 1.82) is 0 Å². The summed E-state index contributed by atoms with van der Waals surface area (Å²) in [7, 11) is 0. The first kappa shape index (κ1) is 17.9. The molecule has 0 aliphatic carbocycles. The molecule has 3 aromatic rings. The van der Waals surface area contributed by atoms with Gasteiger partial charge < -0.3 is 9.84 Å². The topological polar surface area (TPSA) is 51.0 Å². The van der Waals surface area contributed by atoms with E-state index in [4.69, 9.17) is 27.7 Å². The van der Waals surface area contributed by atoms with Crippen molar-refractivity contribution in [1.82, 2.24) is 15.5 Å². The Morgan fingerprint density at radius 1 is 0.960 bits per heavy atom. The Balaban J connectivity index is 1.69. The number of benzene rings is 2. The molecule has 0 aliphatic rings. The highest BCUT2D eigenvalue weighted by atomic mass is 35.5. The minimum atomic E-state index is 0.170. The van der Waals surface area contributed by atoms with E-state index in [1.165, 1.54) is 5.56 Å². The van der Waals surface area contributed by atoms with Gasteiger partial charge in [0.25, 0.3) is 0 Å². The van der Waals surface area contributed by atoms with Crippen molar-refractivity contribution < 1.29 is 4.52 Å². The van der Waals surface area contributed by atoms with E-state index < -0.39 is 0 Å². The van der Waals surface area contributed by atoms with E-state index in [9.17, 15) is 0 Å². The van der Waals surface area contributed by atoms with Gasteiger partial charge in [-0.2, -0.15) is 4.98 Å². The van der Waals surface area contributed by atoms with Gasteiger partial charge in [0.05, 0.1) is 6.54 Å². The normalized spacial score (nSPS) is 12.5. The van der Waals surface area contributed by atoms with E-state index in [2.05, 4.69) is 29.3 Å². The second kappa shape index (κ2) is 8.00. The van der Waals surface area contributed by atoms with Gasteiger partial charge in [-0.05, 0) is 47.9 Å².